The first-order valence-corrected chi connectivity index (χ1v) is 8.75. The van der Waals surface area contributed by atoms with Crippen molar-refractivity contribution in [2.45, 2.75) is 25.3 Å². The van der Waals surface area contributed by atoms with Gasteiger partial charge in [-0.05, 0) is 18.9 Å². The fraction of sp³-hybridized carbons (Fsp3) is 0.500. The van der Waals surface area contributed by atoms with E-state index in [0.29, 0.717) is 31.7 Å². The van der Waals surface area contributed by atoms with E-state index in [0.717, 1.165) is 23.7 Å². The van der Waals surface area contributed by atoms with Crippen LogP contribution < -0.4 is 0 Å². The summed E-state index contributed by atoms with van der Waals surface area (Å²) in [7, 11) is 0. The van der Waals surface area contributed by atoms with Crippen LogP contribution in [-0.4, -0.2) is 64.2 Å². The van der Waals surface area contributed by atoms with Crippen molar-refractivity contribution in [2.24, 2.45) is 5.92 Å². The molecule has 1 aromatic heterocycles. The van der Waals surface area contributed by atoms with Gasteiger partial charge in [-0.15, -0.1) is 0 Å². The summed E-state index contributed by atoms with van der Waals surface area (Å²) in [6.07, 6.45) is 1.78. The molecule has 2 saturated heterocycles. The van der Waals surface area contributed by atoms with Crippen molar-refractivity contribution in [1.29, 1.82) is 0 Å². The normalized spacial score (nSPS) is 22.1. The molecule has 0 bridgehead atoms. The molecule has 1 atom stereocenters. The fourth-order valence-electron chi connectivity index (χ4n) is 3.92. The number of nitrogens with zero attached hydrogens (tertiary/aromatic N) is 3. The summed E-state index contributed by atoms with van der Waals surface area (Å²) in [5.74, 6) is -0.196. The molecule has 1 N–H and O–H groups in total. The van der Waals surface area contributed by atoms with E-state index in [4.69, 9.17) is 0 Å². The van der Waals surface area contributed by atoms with Gasteiger partial charge in [0, 0.05) is 43.4 Å². The number of aromatic amines is 1. The lowest BCUT2D eigenvalue weighted by Crippen LogP contribution is -2.47. The maximum atomic E-state index is 12.8. The second kappa shape index (κ2) is 6.46. The van der Waals surface area contributed by atoms with Crippen molar-refractivity contribution >= 4 is 22.7 Å². The van der Waals surface area contributed by atoms with E-state index in [1.807, 2.05) is 29.2 Å². The number of benzene rings is 1. The van der Waals surface area contributed by atoms with E-state index >= 15 is 0 Å². The minimum Gasteiger partial charge on any atom is -0.339 e. The molecule has 7 heteroatoms. The number of fused-ring (bicyclic) bond motifs is 1. The van der Waals surface area contributed by atoms with Crippen molar-refractivity contribution in [3.63, 3.8) is 0 Å². The Balaban J connectivity index is 1.42. The number of alkyl halides is 1. The largest absolute Gasteiger partial charge is 0.339 e. The van der Waals surface area contributed by atoms with Crippen molar-refractivity contribution in [1.82, 2.24) is 20.0 Å². The minimum atomic E-state index is -0.439. The molecule has 2 amide bonds. The molecule has 1 aromatic carbocycles. The number of aromatic nitrogens is 2. The number of rotatable bonds is 3. The Bertz CT molecular complexity index is 797. The summed E-state index contributed by atoms with van der Waals surface area (Å²) in [5, 5.41) is 7.90. The molecule has 3 heterocycles. The van der Waals surface area contributed by atoms with E-state index in [9.17, 15) is 14.0 Å². The molecule has 0 aliphatic carbocycles. The van der Waals surface area contributed by atoms with Crippen LogP contribution in [0.5, 0.6) is 0 Å². The van der Waals surface area contributed by atoms with Gasteiger partial charge >= 0.3 is 0 Å². The van der Waals surface area contributed by atoms with Crippen LogP contribution in [0.3, 0.4) is 0 Å². The third-order valence-electron chi connectivity index (χ3n) is 5.32. The minimum absolute atomic E-state index is 0.0470. The Morgan fingerprint density at radius 3 is 2.76 bits per heavy atom. The molecule has 2 aliphatic heterocycles. The topological polar surface area (TPSA) is 69.3 Å². The van der Waals surface area contributed by atoms with Gasteiger partial charge < -0.3 is 9.80 Å². The van der Waals surface area contributed by atoms with Crippen LogP contribution in [-0.2, 0) is 4.79 Å². The number of amides is 2. The molecule has 1 unspecified atom stereocenters. The highest BCUT2D eigenvalue weighted by molar-refractivity contribution is 6.04. The maximum Gasteiger partial charge on any atom is 0.274 e. The predicted octanol–water partition coefficient (Wildman–Crippen LogP) is 1.99. The van der Waals surface area contributed by atoms with Crippen LogP contribution in [0.4, 0.5) is 4.39 Å². The zero-order chi connectivity index (χ0) is 17.4. The average Bonchev–Trinajstić information content (AvgIpc) is 3.24. The summed E-state index contributed by atoms with van der Waals surface area (Å²) in [4.78, 5) is 28.4. The standard InChI is InChI=1S/C18H21FN4O2/c19-10-12-9-16(24)23(11-12)13-5-7-22(8-6-13)18(25)17-14-3-1-2-4-15(14)20-21-17/h1-4,12-13H,5-11H2,(H,20,21). The molecular formula is C18H21FN4O2. The Morgan fingerprint density at radius 1 is 1.28 bits per heavy atom. The molecule has 25 heavy (non-hydrogen) atoms. The van der Waals surface area contributed by atoms with Gasteiger partial charge in [-0.3, -0.25) is 19.1 Å². The number of hydrogen-bond donors (Lipinski definition) is 1. The van der Waals surface area contributed by atoms with Crippen molar-refractivity contribution in [3.05, 3.63) is 30.0 Å². The van der Waals surface area contributed by atoms with Gasteiger partial charge in [0.25, 0.3) is 5.91 Å². The van der Waals surface area contributed by atoms with Crippen LogP contribution in [0.25, 0.3) is 10.9 Å². The predicted molar refractivity (Wildman–Crippen MR) is 90.8 cm³/mol. The number of H-pyrrole nitrogens is 1. The van der Waals surface area contributed by atoms with Crippen LogP contribution >= 0.6 is 0 Å². The van der Waals surface area contributed by atoms with Gasteiger partial charge in [0.05, 0.1) is 12.2 Å². The number of carbonyl (C=O) groups is 2. The quantitative estimate of drug-likeness (QED) is 0.926. The lowest BCUT2D eigenvalue weighted by molar-refractivity contribution is -0.130. The van der Waals surface area contributed by atoms with E-state index in [1.165, 1.54) is 0 Å². The average molecular weight is 344 g/mol. The molecule has 4 rings (SSSR count). The van der Waals surface area contributed by atoms with Crippen LogP contribution in [0.2, 0.25) is 0 Å². The van der Waals surface area contributed by atoms with E-state index in [1.54, 1.807) is 4.90 Å². The molecule has 0 spiro atoms. The monoisotopic (exact) mass is 344 g/mol. The van der Waals surface area contributed by atoms with Gasteiger partial charge in [0.15, 0.2) is 5.69 Å². The molecular weight excluding hydrogens is 323 g/mol. The van der Waals surface area contributed by atoms with E-state index in [-0.39, 0.29) is 23.8 Å². The van der Waals surface area contributed by atoms with Crippen molar-refractivity contribution in [3.8, 4) is 0 Å². The smallest absolute Gasteiger partial charge is 0.274 e. The third-order valence-corrected chi connectivity index (χ3v) is 5.32. The highest BCUT2D eigenvalue weighted by Gasteiger charge is 2.36. The SMILES string of the molecule is O=C(c1n[nH]c2ccccc12)N1CCC(N2CC(CF)CC2=O)CC1. The van der Waals surface area contributed by atoms with E-state index < -0.39 is 6.67 Å². The second-order valence-corrected chi connectivity index (χ2v) is 6.91. The number of carbonyl (C=O) groups excluding carboxylic acids is 2. The first kappa shape index (κ1) is 16.1. The first-order chi connectivity index (χ1) is 12.2. The molecule has 132 valence electrons. The van der Waals surface area contributed by atoms with Crippen LogP contribution in [0.1, 0.15) is 29.8 Å². The Hall–Kier alpha value is -2.44. The van der Waals surface area contributed by atoms with Crippen LogP contribution in [0.15, 0.2) is 24.3 Å². The van der Waals surface area contributed by atoms with Crippen LogP contribution in [0, 0.1) is 5.92 Å². The zero-order valence-electron chi connectivity index (χ0n) is 13.9. The molecule has 2 fully saturated rings. The molecule has 0 radical (unpaired) electrons. The number of piperidine rings is 1. The highest BCUT2D eigenvalue weighted by Crippen LogP contribution is 2.27. The number of likely N-dealkylation sites (tertiary alicyclic amines) is 2. The van der Waals surface area contributed by atoms with Gasteiger partial charge in [-0.2, -0.15) is 5.10 Å². The number of halogens is 1. The highest BCUT2D eigenvalue weighted by atomic mass is 19.1. The Labute approximate surface area is 145 Å². The van der Waals surface area contributed by atoms with Crippen molar-refractivity contribution in [2.75, 3.05) is 26.3 Å². The summed E-state index contributed by atoms with van der Waals surface area (Å²) >= 11 is 0. The Morgan fingerprint density at radius 2 is 2.04 bits per heavy atom. The van der Waals surface area contributed by atoms with Gasteiger partial charge in [0.1, 0.15) is 0 Å². The summed E-state index contributed by atoms with van der Waals surface area (Å²) < 4.78 is 12.8. The lowest BCUT2D eigenvalue weighted by atomic mass is 10.0. The van der Waals surface area contributed by atoms with Gasteiger partial charge in [-0.1, -0.05) is 18.2 Å². The summed E-state index contributed by atoms with van der Waals surface area (Å²) in [6.45, 7) is 1.26. The molecule has 6 nitrogen and oxygen atoms in total. The fourth-order valence-corrected chi connectivity index (χ4v) is 3.92. The molecule has 2 aromatic rings. The van der Waals surface area contributed by atoms with Crippen molar-refractivity contribution < 1.29 is 14.0 Å². The second-order valence-electron chi connectivity index (χ2n) is 6.91. The summed E-state index contributed by atoms with van der Waals surface area (Å²) in [5.41, 5.74) is 1.30. The molecule has 2 aliphatic rings. The number of para-hydroxylation sites is 1. The Kier molecular flexibility index (Phi) is 4.15. The maximum absolute atomic E-state index is 12.8. The van der Waals surface area contributed by atoms with Gasteiger partial charge in [-0.25, -0.2) is 0 Å². The summed E-state index contributed by atoms with van der Waals surface area (Å²) in [6, 6.07) is 7.69. The third kappa shape index (κ3) is 2.88. The first-order valence-electron chi connectivity index (χ1n) is 8.75. The number of hydrogen-bond acceptors (Lipinski definition) is 3. The number of nitrogens with one attached hydrogen (secondary N) is 1. The molecule has 0 saturated carbocycles. The van der Waals surface area contributed by atoms with E-state index in [2.05, 4.69) is 10.2 Å². The zero-order valence-corrected chi connectivity index (χ0v) is 13.9. The lowest BCUT2D eigenvalue weighted by Gasteiger charge is -2.36. The van der Waals surface area contributed by atoms with Gasteiger partial charge in [0.2, 0.25) is 5.91 Å².